The standard InChI is InChI=1S/C8H8BFO/c1-5(11)6-2-3-7(9)8(10)4-6/h2-4,7-8H,1H3/t7-,8?/m0/s1. The molecule has 1 aliphatic rings. The summed E-state index contributed by atoms with van der Waals surface area (Å²) in [6, 6.07) is 0. The maximum atomic E-state index is 12.8. The Hall–Kier alpha value is -0.855. The van der Waals surface area contributed by atoms with Crippen molar-refractivity contribution in [1.29, 1.82) is 0 Å². The van der Waals surface area contributed by atoms with Gasteiger partial charge in [0.05, 0.1) is 7.85 Å². The van der Waals surface area contributed by atoms with Crippen LogP contribution in [0, 0.1) is 0 Å². The molecule has 2 radical (unpaired) electrons. The van der Waals surface area contributed by atoms with Gasteiger partial charge in [-0.2, -0.15) is 0 Å². The highest BCUT2D eigenvalue weighted by Gasteiger charge is 2.16. The summed E-state index contributed by atoms with van der Waals surface area (Å²) in [5.41, 5.74) is 0.402. The van der Waals surface area contributed by atoms with Crippen molar-refractivity contribution in [2.75, 3.05) is 0 Å². The van der Waals surface area contributed by atoms with E-state index in [1.165, 1.54) is 19.1 Å². The number of hydrogen-bond donors (Lipinski definition) is 0. The average Bonchev–Trinajstić information content (AvgIpc) is 1.94. The number of hydrogen-bond acceptors (Lipinski definition) is 1. The van der Waals surface area contributed by atoms with Crippen LogP contribution in [0.25, 0.3) is 0 Å². The van der Waals surface area contributed by atoms with Gasteiger partial charge in [-0.3, -0.25) is 4.79 Å². The third kappa shape index (κ3) is 1.79. The van der Waals surface area contributed by atoms with Crippen LogP contribution in [-0.2, 0) is 4.79 Å². The summed E-state index contributed by atoms with van der Waals surface area (Å²) >= 11 is 0. The first-order valence-electron chi connectivity index (χ1n) is 3.42. The minimum atomic E-state index is -1.22. The summed E-state index contributed by atoms with van der Waals surface area (Å²) in [6.45, 7) is 1.40. The molecular weight excluding hydrogens is 142 g/mol. The van der Waals surface area contributed by atoms with Gasteiger partial charge in [0.2, 0.25) is 0 Å². The quantitative estimate of drug-likeness (QED) is 0.515. The molecule has 0 aromatic heterocycles. The maximum absolute atomic E-state index is 12.8. The van der Waals surface area contributed by atoms with Crippen molar-refractivity contribution in [3.63, 3.8) is 0 Å². The zero-order valence-corrected chi connectivity index (χ0v) is 6.25. The van der Waals surface area contributed by atoms with Gasteiger partial charge in [-0.15, -0.1) is 0 Å². The van der Waals surface area contributed by atoms with E-state index in [-0.39, 0.29) is 5.78 Å². The van der Waals surface area contributed by atoms with Crippen LogP contribution >= 0.6 is 0 Å². The normalized spacial score (nSPS) is 29.8. The number of alkyl halides is 1. The van der Waals surface area contributed by atoms with Crippen LogP contribution in [-0.4, -0.2) is 19.8 Å². The lowest BCUT2D eigenvalue weighted by Crippen LogP contribution is -2.11. The van der Waals surface area contributed by atoms with Crippen LogP contribution in [0.2, 0.25) is 5.82 Å². The second-order valence-corrected chi connectivity index (χ2v) is 2.56. The maximum Gasteiger partial charge on any atom is 0.159 e. The third-order valence-corrected chi connectivity index (χ3v) is 1.61. The molecule has 1 unspecified atom stereocenters. The summed E-state index contributed by atoms with van der Waals surface area (Å²) in [4.78, 5) is 10.7. The molecule has 11 heavy (non-hydrogen) atoms. The molecule has 0 spiro atoms. The lowest BCUT2D eigenvalue weighted by molar-refractivity contribution is -0.113. The van der Waals surface area contributed by atoms with E-state index in [0.717, 1.165) is 0 Å². The van der Waals surface area contributed by atoms with E-state index in [4.69, 9.17) is 7.85 Å². The van der Waals surface area contributed by atoms with Gasteiger partial charge in [0.15, 0.2) is 5.78 Å². The van der Waals surface area contributed by atoms with Crippen LogP contribution in [0.15, 0.2) is 23.8 Å². The molecule has 0 aromatic carbocycles. The fourth-order valence-electron chi connectivity index (χ4n) is 0.894. The summed E-state index contributed by atoms with van der Waals surface area (Å²) in [7, 11) is 5.32. The van der Waals surface area contributed by atoms with E-state index >= 15 is 0 Å². The van der Waals surface area contributed by atoms with Gasteiger partial charge in [0.1, 0.15) is 6.17 Å². The molecule has 0 aromatic rings. The van der Waals surface area contributed by atoms with Crippen molar-refractivity contribution < 1.29 is 9.18 Å². The number of rotatable bonds is 1. The fourth-order valence-corrected chi connectivity index (χ4v) is 0.894. The van der Waals surface area contributed by atoms with Crippen LogP contribution in [0.1, 0.15) is 6.92 Å². The van der Waals surface area contributed by atoms with E-state index < -0.39 is 12.0 Å². The SMILES string of the molecule is [B][C@H]1C=CC(C(C)=O)=CC1F. The first kappa shape index (κ1) is 8.24. The van der Waals surface area contributed by atoms with Crippen molar-refractivity contribution in [3.05, 3.63) is 23.8 Å². The number of halogens is 1. The van der Waals surface area contributed by atoms with Gasteiger partial charge in [-0.05, 0) is 18.8 Å². The molecule has 1 rings (SSSR count). The van der Waals surface area contributed by atoms with Crippen molar-refractivity contribution in [2.24, 2.45) is 0 Å². The summed E-state index contributed by atoms with van der Waals surface area (Å²) in [6.07, 6.45) is 3.09. The monoisotopic (exact) mass is 150 g/mol. The second kappa shape index (κ2) is 3.03. The van der Waals surface area contributed by atoms with Crippen molar-refractivity contribution in [3.8, 4) is 0 Å². The van der Waals surface area contributed by atoms with E-state index in [1.54, 1.807) is 6.08 Å². The Labute approximate surface area is 66.4 Å². The lowest BCUT2D eigenvalue weighted by Gasteiger charge is -2.14. The minimum absolute atomic E-state index is 0.129. The van der Waals surface area contributed by atoms with Gasteiger partial charge in [0, 0.05) is 5.57 Å². The molecule has 0 fully saturated rings. The Morgan fingerprint density at radius 1 is 1.73 bits per heavy atom. The summed E-state index contributed by atoms with van der Waals surface area (Å²) in [5, 5.41) is 0. The molecular formula is C8H8BFO. The van der Waals surface area contributed by atoms with Crippen molar-refractivity contribution in [1.82, 2.24) is 0 Å². The predicted molar refractivity (Wildman–Crippen MR) is 42.3 cm³/mol. The molecule has 0 saturated heterocycles. The Morgan fingerprint density at radius 3 is 2.82 bits per heavy atom. The van der Waals surface area contributed by atoms with Crippen molar-refractivity contribution in [2.45, 2.75) is 18.9 Å². The lowest BCUT2D eigenvalue weighted by atomic mass is 9.79. The number of carbonyl (C=O) groups excluding carboxylic acids is 1. The van der Waals surface area contributed by atoms with Gasteiger partial charge in [-0.1, -0.05) is 12.2 Å². The van der Waals surface area contributed by atoms with Gasteiger partial charge >= 0.3 is 0 Å². The number of ketones is 1. The Kier molecular flexibility index (Phi) is 2.27. The van der Waals surface area contributed by atoms with E-state index in [2.05, 4.69) is 0 Å². The molecule has 0 saturated carbocycles. The molecule has 1 aliphatic carbocycles. The number of carbonyl (C=O) groups is 1. The fraction of sp³-hybridized carbons (Fsp3) is 0.375. The first-order chi connectivity index (χ1) is 5.11. The average molecular weight is 150 g/mol. The van der Waals surface area contributed by atoms with E-state index in [0.29, 0.717) is 5.57 Å². The Bertz CT molecular complexity index is 232. The van der Waals surface area contributed by atoms with Crippen LogP contribution in [0.5, 0.6) is 0 Å². The summed E-state index contributed by atoms with van der Waals surface area (Å²) in [5.74, 6) is -0.728. The second-order valence-electron chi connectivity index (χ2n) is 2.56. The zero-order valence-electron chi connectivity index (χ0n) is 6.25. The predicted octanol–water partition coefficient (Wildman–Crippen LogP) is 1.37. The Morgan fingerprint density at radius 2 is 2.36 bits per heavy atom. The molecule has 3 heteroatoms. The molecule has 0 aliphatic heterocycles. The van der Waals surface area contributed by atoms with Crippen LogP contribution in [0.3, 0.4) is 0 Å². The highest BCUT2D eigenvalue weighted by Crippen LogP contribution is 2.21. The highest BCUT2D eigenvalue weighted by atomic mass is 19.1. The number of Topliss-reactive ketones (excluding diaryl/α,β-unsaturated/α-hetero) is 1. The summed E-state index contributed by atoms with van der Waals surface area (Å²) < 4.78 is 12.8. The molecule has 1 nitrogen and oxygen atoms in total. The molecule has 0 bridgehead atoms. The van der Waals surface area contributed by atoms with Crippen LogP contribution in [0.4, 0.5) is 4.39 Å². The molecule has 0 amide bonds. The minimum Gasteiger partial charge on any atom is -0.295 e. The van der Waals surface area contributed by atoms with Gasteiger partial charge < -0.3 is 0 Å². The highest BCUT2D eigenvalue weighted by molar-refractivity contribution is 6.14. The van der Waals surface area contributed by atoms with E-state index in [9.17, 15) is 9.18 Å². The topological polar surface area (TPSA) is 17.1 Å². The largest absolute Gasteiger partial charge is 0.295 e. The Balaban J connectivity index is 2.80. The molecule has 2 atom stereocenters. The van der Waals surface area contributed by atoms with Gasteiger partial charge in [-0.25, -0.2) is 4.39 Å². The zero-order chi connectivity index (χ0) is 8.43. The van der Waals surface area contributed by atoms with Crippen LogP contribution < -0.4 is 0 Å². The van der Waals surface area contributed by atoms with E-state index in [1.807, 2.05) is 0 Å². The molecule has 0 N–H and O–H groups in total. The van der Waals surface area contributed by atoms with Crippen molar-refractivity contribution >= 4 is 13.6 Å². The van der Waals surface area contributed by atoms with Gasteiger partial charge in [0.25, 0.3) is 0 Å². The first-order valence-corrected chi connectivity index (χ1v) is 3.42. The molecule has 0 heterocycles. The smallest absolute Gasteiger partial charge is 0.159 e. The number of allylic oxidation sites excluding steroid dienone is 4. The molecule has 56 valence electrons. The third-order valence-electron chi connectivity index (χ3n) is 1.61.